The van der Waals surface area contributed by atoms with Crippen molar-refractivity contribution in [2.24, 2.45) is 0 Å². The van der Waals surface area contributed by atoms with E-state index in [-0.39, 0.29) is 29.9 Å². The Bertz CT molecular complexity index is 974. The number of carboxylic acids is 1. The van der Waals surface area contributed by atoms with Crippen molar-refractivity contribution in [2.45, 2.75) is 18.9 Å². The van der Waals surface area contributed by atoms with Crippen LogP contribution in [0.15, 0.2) is 29.1 Å². The van der Waals surface area contributed by atoms with E-state index in [1.54, 1.807) is 24.3 Å². The number of nitrogens with two attached hydrogens (primary N) is 1. The molecule has 11 heteroatoms. The van der Waals surface area contributed by atoms with E-state index in [9.17, 15) is 14.4 Å². The predicted molar refractivity (Wildman–Crippen MR) is 114 cm³/mol. The fraction of sp³-hybridized carbons (Fsp3) is 0.368. The predicted octanol–water partition coefficient (Wildman–Crippen LogP) is 0.289. The summed E-state index contributed by atoms with van der Waals surface area (Å²) in [5.74, 6) is -0.589. The molecule has 0 saturated heterocycles. The van der Waals surface area contributed by atoms with Crippen molar-refractivity contribution in [1.82, 2.24) is 15.3 Å². The SMILES string of the molecule is CN1c2c(nc(N)[nH]c2=O)NCC1CNc1ccc(C(=O)NCCCC(=O)O)cc1. The smallest absolute Gasteiger partial charge is 0.303 e. The number of aromatic amines is 1. The summed E-state index contributed by atoms with van der Waals surface area (Å²) in [7, 11) is 1.83. The molecule has 30 heavy (non-hydrogen) atoms. The Morgan fingerprint density at radius 3 is 2.77 bits per heavy atom. The number of likely N-dealkylation sites (N-methyl/N-ethyl adjacent to an activating group) is 1. The van der Waals surface area contributed by atoms with Crippen LogP contribution >= 0.6 is 0 Å². The first kappa shape index (κ1) is 21.0. The number of amides is 1. The molecule has 1 aromatic heterocycles. The standard InChI is InChI=1S/C19H25N7O4/c1-26-13(10-23-16-15(26)18(30)25-19(20)24-16)9-22-12-6-4-11(5-7-12)17(29)21-8-2-3-14(27)28/h4-7,13,22H,2-3,8-10H2,1H3,(H,21,29)(H,27,28)(H4,20,23,24,25,30). The second-order valence-electron chi connectivity index (χ2n) is 7.01. The lowest BCUT2D eigenvalue weighted by molar-refractivity contribution is -0.137. The monoisotopic (exact) mass is 415 g/mol. The Morgan fingerprint density at radius 1 is 1.33 bits per heavy atom. The minimum atomic E-state index is -0.882. The second-order valence-corrected chi connectivity index (χ2v) is 7.01. The number of carbonyl (C=O) groups excluding carboxylic acids is 1. The number of nitrogens with zero attached hydrogens (tertiary/aromatic N) is 2. The zero-order chi connectivity index (χ0) is 21.7. The highest BCUT2D eigenvalue weighted by molar-refractivity contribution is 5.94. The normalized spacial score (nSPS) is 15.1. The highest BCUT2D eigenvalue weighted by Crippen LogP contribution is 2.25. The van der Waals surface area contributed by atoms with Crippen LogP contribution in [0.5, 0.6) is 0 Å². The summed E-state index contributed by atoms with van der Waals surface area (Å²) in [5, 5.41) is 17.7. The van der Waals surface area contributed by atoms with Gasteiger partial charge in [-0.2, -0.15) is 4.98 Å². The van der Waals surface area contributed by atoms with Gasteiger partial charge in [-0.15, -0.1) is 0 Å². The van der Waals surface area contributed by atoms with E-state index in [1.165, 1.54) is 0 Å². The van der Waals surface area contributed by atoms with Crippen molar-refractivity contribution in [2.75, 3.05) is 47.9 Å². The third-order valence-corrected chi connectivity index (χ3v) is 4.86. The molecule has 0 radical (unpaired) electrons. The first-order valence-corrected chi connectivity index (χ1v) is 9.55. The van der Waals surface area contributed by atoms with Gasteiger partial charge in [0.25, 0.3) is 11.5 Å². The summed E-state index contributed by atoms with van der Waals surface area (Å²) < 4.78 is 0. The van der Waals surface area contributed by atoms with E-state index in [2.05, 4.69) is 25.9 Å². The molecule has 160 valence electrons. The topological polar surface area (TPSA) is 165 Å². The summed E-state index contributed by atoms with van der Waals surface area (Å²) in [6, 6.07) is 6.99. The van der Waals surface area contributed by atoms with Crippen LogP contribution < -0.4 is 32.1 Å². The van der Waals surface area contributed by atoms with Crippen molar-refractivity contribution in [3.05, 3.63) is 40.2 Å². The number of aliphatic carboxylic acids is 1. The van der Waals surface area contributed by atoms with Gasteiger partial charge < -0.3 is 31.7 Å². The Kier molecular flexibility index (Phi) is 6.40. The van der Waals surface area contributed by atoms with Crippen LogP contribution in [0, 0.1) is 0 Å². The molecule has 7 N–H and O–H groups in total. The van der Waals surface area contributed by atoms with E-state index in [4.69, 9.17) is 10.8 Å². The van der Waals surface area contributed by atoms with Crippen molar-refractivity contribution in [3.8, 4) is 0 Å². The quantitative estimate of drug-likeness (QED) is 0.332. The highest BCUT2D eigenvalue weighted by Gasteiger charge is 2.27. The molecule has 1 aliphatic heterocycles. The van der Waals surface area contributed by atoms with E-state index in [0.717, 1.165) is 5.69 Å². The number of rotatable bonds is 8. The Balaban J connectivity index is 1.53. The molecule has 11 nitrogen and oxygen atoms in total. The first-order valence-electron chi connectivity index (χ1n) is 9.55. The Morgan fingerprint density at radius 2 is 2.07 bits per heavy atom. The van der Waals surface area contributed by atoms with Gasteiger partial charge in [0, 0.05) is 44.4 Å². The Labute approximate surface area is 172 Å². The van der Waals surface area contributed by atoms with E-state index < -0.39 is 5.97 Å². The third-order valence-electron chi connectivity index (χ3n) is 4.86. The zero-order valence-electron chi connectivity index (χ0n) is 16.6. The molecule has 0 fully saturated rings. The molecule has 0 aliphatic carbocycles. The van der Waals surface area contributed by atoms with Gasteiger partial charge in [0.05, 0.1) is 6.04 Å². The van der Waals surface area contributed by atoms with Crippen LogP contribution in [0.3, 0.4) is 0 Å². The second kappa shape index (κ2) is 9.16. The molecule has 3 rings (SSSR count). The zero-order valence-corrected chi connectivity index (χ0v) is 16.6. The van der Waals surface area contributed by atoms with Crippen LogP contribution in [-0.4, -0.2) is 59.7 Å². The van der Waals surface area contributed by atoms with Crippen LogP contribution in [0.1, 0.15) is 23.2 Å². The number of fused-ring (bicyclic) bond motifs is 1. The lowest BCUT2D eigenvalue weighted by Crippen LogP contribution is -2.48. The van der Waals surface area contributed by atoms with Crippen LogP contribution in [0.2, 0.25) is 0 Å². The van der Waals surface area contributed by atoms with Crippen molar-refractivity contribution < 1.29 is 14.7 Å². The van der Waals surface area contributed by atoms with Crippen LogP contribution in [0.4, 0.5) is 23.1 Å². The maximum absolute atomic E-state index is 12.2. The van der Waals surface area contributed by atoms with Gasteiger partial charge in [-0.1, -0.05) is 0 Å². The molecule has 1 amide bonds. The fourth-order valence-corrected chi connectivity index (χ4v) is 3.20. The van der Waals surface area contributed by atoms with Crippen molar-refractivity contribution >= 4 is 35.0 Å². The van der Waals surface area contributed by atoms with Gasteiger partial charge in [0.2, 0.25) is 5.95 Å². The number of aromatic nitrogens is 2. The summed E-state index contributed by atoms with van der Waals surface area (Å²) >= 11 is 0. The summed E-state index contributed by atoms with van der Waals surface area (Å²) in [6.45, 7) is 1.46. The molecule has 0 bridgehead atoms. The minimum absolute atomic E-state index is 0.00114. The van der Waals surface area contributed by atoms with Crippen molar-refractivity contribution in [3.63, 3.8) is 0 Å². The van der Waals surface area contributed by atoms with Crippen LogP contribution in [0.25, 0.3) is 0 Å². The summed E-state index contributed by atoms with van der Waals surface area (Å²) in [6.07, 6.45) is 0.408. The van der Waals surface area contributed by atoms with E-state index in [0.29, 0.717) is 43.1 Å². The van der Waals surface area contributed by atoms with Gasteiger partial charge in [0.1, 0.15) is 5.69 Å². The Hall–Kier alpha value is -3.76. The van der Waals surface area contributed by atoms with Gasteiger partial charge in [0.15, 0.2) is 5.82 Å². The number of nitrogen functional groups attached to an aromatic ring is 1. The fourth-order valence-electron chi connectivity index (χ4n) is 3.20. The number of anilines is 4. The minimum Gasteiger partial charge on any atom is -0.481 e. The highest BCUT2D eigenvalue weighted by atomic mass is 16.4. The number of benzene rings is 1. The molecular weight excluding hydrogens is 390 g/mol. The summed E-state index contributed by atoms with van der Waals surface area (Å²) in [4.78, 5) is 43.3. The van der Waals surface area contributed by atoms with Gasteiger partial charge in [-0.05, 0) is 30.7 Å². The third kappa shape index (κ3) is 4.99. The molecule has 0 spiro atoms. The molecule has 1 atom stereocenters. The maximum atomic E-state index is 12.2. The molecule has 2 heterocycles. The molecular formula is C19H25N7O4. The molecule has 1 unspecified atom stereocenters. The number of carboxylic acid groups (broad SMARTS) is 1. The average Bonchev–Trinajstić information content (AvgIpc) is 2.70. The first-order chi connectivity index (χ1) is 14.3. The maximum Gasteiger partial charge on any atom is 0.303 e. The average molecular weight is 415 g/mol. The lowest BCUT2D eigenvalue weighted by atomic mass is 10.1. The van der Waals surface area contributed by atoms with Gasteiger partial charge in [-0.25, -0.2) is 0 Å². The molecule has 1 aromatic carbocycles. The van der Waals surface area contributed by atoms with E-state index >= 15 is 0 Å². The van der Waals surface area contributed by atoms with Crippen molar-refractivity contribution in [1.29, 1.82) is 0 Å². The largest absolute Gasteiger partial charge is 0.481 e. The lowest BCUT2D eigenvalue weighted by Gasteiger charge is -2.35. The number of carbonyl (C=O) groups is 2. The molecule has 0 saturated carbocycles. The van der Waals surface area contributed by atoms with Crippen LogP contribution in [-0.2, 0) is 4.79 Å². The number of hydrogen-bond acceptors (Lipinski definition) is 8. The van der Waals surface area contributed by atoms with E-state index in [1.807, 2.05) is 11.9 Å². The molecule has 1 aliphatic rings. The number of nitrogens with one attached hydrogen (secondary N) is 4. The number of H-pyrrole nitrogens is 1. The molecule has 2 aromatic rings. The summed E-state index contributed by atoms with van der Waals surface area (Å²) in [5.41, 5.74) is 7.06. The number of hydrogen-bond donors (Lipinski definition) is 6. The van der Waals surface area contributed by atoms with Gasteiger partial charge in [-0.3, -0.25) is 19.4 Å². The van der Waals surface area contributed by atoms with Gasteiger partial charge >= 0.3 is 5.97 Å².